The van der Waals surface area contributed by atoms with E-state index in [-0.39, 0.29) is 29.9 Å². The number of amides is 2. The molecule has 41 heavy (non-hydrogen) atoms. The summed E-state index contributed by atoms with van der Waals surface area (Å²) in [5.41, 5.74) is 7.50. The number of nitrogens with zero attached hydrogens (tertiary/aromatic N) is 5. The first-order chi connectivity index (χ1) is 19.6. The first-order valence-electron chi connectivity index (χ1n) is 12.9. The number of carbonyl (C=O) groups excluding carboxylic acids is 2. The van der Waals surface area contributed by atoms with Crippen molar-refractivity contribution >= 4 is 51.7 Å². The Balaban J connectivity index is 1.57. The molecule has 0 spiro atoms. The molecule has 0 bridgehead atoms. The van der Waals surface area contributed by atoms with Gasteiger partial charge in [0.1, 0.15) is 22.8 Å². The van der Waals surface area contributed by atoms with E-state index in [0.29, 0.717) is 29.0 Å². The Morgan fingerprint density at radius 1 is 1.12 bits per heavy atom. The van der Waals surface area contributed by atoms with E-state index in [0.717, 1.165) is 30.2 Å². The molecule has 0 saturated heterocycles. The maximum atomic E-state index is 14.5. The second-order valence-corrected chi connectivity index (χ2v) is 10.0. The van der Waals surface area contributed by atoms with Gasteiger partial charge in [0.25, 0.3) is 5.91 Å². The number of rotatable bonds is 8. The van der Waals surface area contributed by atoms with Crippen molar-refractivity contribution in [3.63, 3.8) is 0 Å². The summed E-state index contributed by atoms with van der Waals surface area (Å²) >= 11 is 0. The molecule has 0 saturated carbocycles. The third-order valence-corrected chi connectivity index (χ3v) is 6.84. The van der Waals surface area contributed by atoms with Gasteiger partial charge in [-0.3, -0.25) is 9.59 Å². The highest BCUT2D eigenvalue weighted by Crippen LogP contribution is 2.38. The molecule has 0 fully saturated rings. The highest BCUT2D eigenvalue weighted by molar-refractivity contribution is 6.01. The number of hydrogen-bond acceptors (Lipinski definition) is 8. The Labute approximate surface area is 234 Å². The van der Waals surface area contributed by atoms with Crippen molar-refractivity contribution < 1.29 is 23.1 Å². The van der Waals surface area contributed by atoms with Crippen LogP contribution in [-0.4, -0.2) is 65.5 Å². The molecular weight excluding hydrogens is 534 g/mol. The quantitative estimate of drug-likeness (QED) is 0.296. The smallest absolute Gasteiger partial charge is 0.253 e. The summed E-state index contributed by atoms with van der Waals surface area (Å²) in [5, 5.41) is 6.68. The van der Waals surface area contributed by atoms with Gasteiger partial charge < -0.3 is 35.5 Å². The van der Waals surface area contributed by atoms with E-state index >= 15 is 0 Å². The zero-order valence-electron chi connectivity index (χ0n) is 23.1. The zero-order chi connectivity index (χ0) is 29.4. The maximum Gasteiger partial charge on any atom is 0.253 e. The van der Waals surface area contributed by atoms with Crippen LogP contribution in [-0.2, 0) is 18.3 Å². The number of fused-ring (bicyclic) bond motifs is 2. The van der Waals surface area contributed by atoms with Crippen LogP contribution in [0.1, 0.15) is 22.3 Å². The first-order valence-corrected chi connectivity index (χ1v) is 12.9. The summed E-state index contributed by atoms with van der Waals surface area (Å²) in [6, 6.07) is 7.60. The predicted octanol–water partition coefficient (Wildman–Crippen LogP) is 3.68. The van der Waals surface area contributed by atoms with Crippen molar-refractivity contribution in [2.45, 2.75) is 12.8 Å². The first kappa shape index (κ1) is 27.8. The average Bonchev–Trinajstić information content (AvgIpc) is 3.30. The van der Waals surface area contributed by atoms with Gasteiger partial charge in [0, 0.05) is 25.5 Å². The summed E-state index contributed by atoms with van der Waals surface area (Å²) in [6.07, 6.45) is 3.40. The molecule has 2 aromatic heterocycles. The molecule has 13 heteroatoms. The Bertz CT molecular complexity index is 1670. The Morgan fingerprint density at radius 2 is 1.90 bits per heavy atom. The number of anilines is 5. The molecule has 0 aliphatic carbocycles. The van der Waals surface area contributed by atoms with Gasteiger partial charge in [-0.1, -0.05) is 0 Å². The van der Waals surface area contributed by atoms with E-state index in [2.05, 4.69) is 20.6 Å². The minimum atomic E-state index is -1.36. The fourth-order valence-electron chi connectivity index (χ4n) is 4.92. The van der Waals surface area contributed by atoms with Crippen LogP contribution in [0, 0.1) is 11.6 Å². The van der Waals surface area contributed by atoms with Gasteiger partial charge in [-0.05, 0) is 62.8 Å². The van der Waals surface area contributed by atoms with Crippen LogP contribution in [0.4, 0.5) is 37.6 Å². The summed E-state index contributed by atoms with van der Waals surface area (Å²) in [7, 11) is 7.04. The number of methoxy groups -OCH3 is 1. The van der Waals surface area contributed by atoms with Crippen LogP contribution in [0.2, 0.25) is 0 Å². The molecule has 1 aliphatic rings. The van der Waals surface area contributed by atoms with Crippen LogP contribution >= 0.6 is 0 Å². The van der Waals surface area contributed by atoms with Crippen molar-refractivity contribution in [3.05, 3.63) is 59.3 Å². The summed E-state index contributed by atoms with van der Waals surface area (Å²) in [4.78, 5) is 37.8. The molecule has 4 aromatic rings. The molecule has 0 radical (unpaired) electrons. The third kappa shape index (κ3) is 5.35. The van der Waals surface area contributed by atoms with Gasteiger partial charge in [-0.15, -0.1) is 0 Å². The van der Waals surface area contributed by atoms with Crippen molar-refractivity contribution in [1.82, 2.24) is 19.4 Å². The van der Waals surface area contributed by atoms with Gasteiger partial charge in [0.05, 0.1) is 30.4 Å². The number of nitrogens with two attached hydrogens (primary N) is 1. The molecule has 5 rings (SSSR count). The number of benzene rings is 2. The van der Waals surface area contributed by atoms with Crippen molar-refractivity contribution in [2.75, 3.05) is 49.8 Å². The molecule has 2 aromatic carbocycles. The average molecular weight is 565 g/mol. The van der Waals surface area contributed by atoms with E-state index in [1.807, 2.05) is 31.1 Å². The molecule has 3 heterocycles. The van der Waals surface area contributed by atoms with Gasteiger partial charge in [0.15, 0.2) is 11.6 Å². The molecule has 11 nitrogen and oxygen atoms in total. The fraction of sp³-hybridized carbons (Fsp3) is 0.286. The number of ether oxygens (including phenoxy) is 1. The van der Waals surface area contributed by atoms with E-state index in [9.17, 15) is 18.4 Å². The van der Waals surface area contributed by atoms with E-state index < -0.39 is 23.1 Å². The van der Waals surface area contributed by atoms with Gasteiger partial charge in [0.2, 0.25) is 11.9 Å². The fourth-order valence-corrected chi connectivity index (χ4v) is 4.92. The molecule has 0 atom stereocenters. The van der Waals surface area contributed by atoms with Crippen LogP contribution < -0.4 is 26.0 Å². The minimum absolute atomic E-state index is 0.0168. The van der Waals surface area contributed by atoms with E-state index in [1.165, 1.54) is 6.07 Å². The van der Waals surface area contributed by atoms with Crippen LogP contribution in [0.5, 0.6) is 5.75 Å². The SMILES string of the molecule is COc1cc2c(cc1Nc1nc(Nc3ccc(F)c(F)c3C(N)=O)c3ccn(C)c3n1)N(C(=O)CN(C)C)CCC2. The zero-order valence-corrected chi connectivity index (χ0v) is 23.1. The van der Waals surface area contributed by atoms with Crippen LogP contribution in [0.3, 0.4) is 0 Å². The Kier molecular flexibility index (Phi) is 7.45. The Morgan fingerprint density at radius 3 is 2.61 bits per heavy atom. The largest absolute Gasteiger partial charge is 0.495 e. The summed E-state index contributed by atoms with van der Waals surface area (Å²) in [6.45, 7) is 0.871. The normalized spacial score (nSPS) is 12.9. The molecule has 214 valence electrons. The third-order valence-electron chi connectivity index (χ3n) is 6.84. The number of aryl methyl sites for hydroxylation is 2. The second kappa shape index (κ2) is 11.0. The number of carbonyl (C=O) groups is 2. The predicted molar refractivity (Wildman–Crippen MR) is 152 cm³/mol. The van der Waals surface area contributed by atoms with Crippen molar-refractivity contribution in [3.8, 4) is 5.75 Å². The molecular formula is C28H30F2N8O3. The van der Waals surface area contributed by atoms with Gasteiger partial charge >= 0.3 is 0 Å². The van der Waals surface area contributed by atoms with E-state index in [4.69, 9.17) is 10.5 Å². The number of halogens is 2. The molecule has 2 amide bonds. The minimum Gasteiger partial charge on any atom is -0.495 e. The van der Waals surface area contributed by atoms with Crippen LogP contribution in [0.15, 0.2) is 36.5 Å². The molecule has 0 unspecified atom stereocenters. The van der Waals surface area contributed by atoms with Gasteiger partial charge in [-0.2, -0.15) is 9.97 Å². The number of likely N-dealkylation sites (N-methyl/N-ethyl adjacent to an activating group) is 1. The summed E-state index contributed by atoms with van der Waals surface area (Å²) in [5.74, 6) is -2.78. The van der Waals surface area contributed by atoms with E-state index in [1.54, 1.807) is 35.9 Å². The topological polar surface area (TPSA) is 131 Å². The molecule has 4 N–H and O–H groups in total. The summed E-state index contributed by atoms with van der Waals surface area (Å²) < 4.78 is 35.8. The van der Waals surface area contributed by atoms with Crippen molar-refractivity contribution in [2.24, 2.45) is 12.8 Å². The highest BCUT2D eigenvalue weighted by Gasteiger charge is 2.26. The maximum absolute atomic E-state index is 14.5. The molecule has 1 aliphatic heterocycles. The lowest BCUT2D eigenvalue weighted by molar-refractivity contribution is -0.119. The highest BCUT2D eigenvalue weighted by atomic mass is 19.2. The lowest BCUT2D eigenvalue weighted by Gasteiger charge is -2.31. The monoisotopic (exact) mass is 564 g/mol. The van der Waals surface area contributed by atoms with Crippen LogP contribution in [0.25, 0.3) is 11.0 Å². The second-order valence-electron chi connectivity index (χ2n) is 10.0. The van der Waals surface area contributed by atoms with Crippen molar-refractivity contribution in [1.29, 1.82) is 0 Å². The lowest BCUT2D eigenvalue weighted by Crippen LogP contribution is -2.40. The number of primary amides is 1. The number of aromatic nitrogens is 3. The number of hydrogen-bond donors (Lipinski definition) is 3. The number of nitrogens with one attached hydrogen (secondary N) is 2. The lowest BCUT2D eigenvalue weighted by atomic mass is 10.00. The van der Waals surface area contributed by atoms with Gasteiger partial charge in [-0.25, -0.2) is 8.78 Å². The standard InChI is InChI=1S/C28H30F2N8O3/c1-36(2)14-22(39)38-10-5-6-15-12-21(41-4)19(13-20(15)38)33-28-34-26(16-9-11-37(3)27(16)35-28)32-18-8-7-17(29)24(30)23(18)25(31)40/h7-9,11-13H,5-6,10,14H2,1-4H3,(H2,31,40)(H2,32,33,34,35). The Hall–Kier alpha value is -4.78.